The second-order valence-corrected chi connectivity index (χ2v) is 7.28. The van der Waals surface area contributed by atoms with E-state index in [0.29, 0.717) is 23.7 Å². The standard InChI is InChI=1S/C11H18N2O3S2/c1-3-17(14)9-8-13-10-6-4-5-7-11(10)18(15,16)12-2/h4-7,12-13H,3,8-9H2,1-2H3. The van der Waals surface area contributed by atoms with E-state index in [1.54, 1.807) is 18.2 Å². The van der Waals surface area contributed by atoms with Gasteiger partial charge in [-0.1, -0.05) is 19.1 Å². The van der Waals surface area contributed by atoms with Crippen molar-refractivity contribution >= 4 is 26.5 Å². The number of nitrogens with one attached hydrogen (secondary N) is 2. The molecule has 1 unspecified atom stereocenters. The van der Waals surface area contributed by atoms with Crippen LogP contribution in [0, 0.1) is 0 Å². The molecule has 0 bridgehead atoms. The van der Waals surface area contributed by atoms with Gasteiger partial charge in [-0.25, -0.2) is 13.1 Å². The largest absolute Gasteiger partial charge is 0.383 e. The van der Waals surface area contributed by atoms with E-state index in [0.717, 1.165) is 0 Å². The fourth-order valence-electron chi connectivity index (χ4n) is 1.40. The number of anilines is 1. The summed E-state index contributed by atoms with van der Waals surface area (Å²) in [5.74, 6) is 1.11. The Balaban J connectivity index is 2.81. The SMILES string of the molecule is CCS(=O)CCNc1ccccc1S(=O)(=O)NC. The van der Waals surface area contributed by atoms with E-state index >= 15 is 0 Å². The first kappa shape index (κ1) is 15.1. The van der Waals surface area contributed by atoms with Crippen LogP contribution in [0.3, 0.4) is 0 Å². The Hall–Kier alpha value is -0.920. The van der Waals surface area contributed by atoms with Crippen molar-refractivity contribution in [2.75, 3.05) is 30.4 Å². The summed E-state index contributed by atoms with van der Waals surface area (Å²) >= 11 is 0. The van der Waals surface area contributed by atoms with Crippen molar-refractivity contribution in [1.82, 2.24) is 4.72 Å². The topological polar surface area (TPSA) is 75.3 Å². The van der Waals surface area contributed by atoms with Gasteiger partial charge >= 0.3 is 0 Å². The van der Waals surface area contributed by atoms with Crippen molar-refractivity contribution < 1.29 is 12.6 Å². The molecule has 0 saturated carbocycles. The van der Waals surface area contributed by atoms with Crippen LogP contribution in [0.15, 0.2) is 29.2 Å². The van der Waals surface area contributed by atoms with Crippen LogP contribution in [0.5, 0.6) is 0 Å². The third-order valence-electron chi connectivity index (χ3n) is 2.41. The molecule has 5 nitrogen and oxygen atoms in total. The molecule has 0 radical (unpaired) electrons. The number of sulfonamides is 1. The maximum atomic E-state index is 11.8. The Bertz CT molecular complexity index is 515. The number of para-hydroxylation sites is 1. The maximum Gasteiger partial charge on any atom is 0.242 e. The Morgan fingerprint density at radius 2 is 1.94 bits per heavy atom. The molecule has 1 atom stereocenters. The summed E-state index contributed by atoms with van der Waals surface area (Å²) in [5.41, 5.74) is 0.528. The number of rotatable bonds is 7. The van der Waals surface area contributed by atoms with Gasteiger partial charge in [0.2, 0.25) is 10.0 Å². The maximum absolute atomic E-state index is 11.8. The van der Waals surface area contributed by atoms with Gasteiger partial charge in [-0.15, -0.1) is 0 Å². The summed E-state index contributed by atoms with van der Waals surface area (Å²) in [4.78, 5) is 0.204. The van der Waals surface area contributed by atoms with E-state index in [9.17, 15) is 12.6 Å². The predicted octanol–water partition coefficient (Wildman–Crippen LogP) is 0.775. The summed E-state index contributed by atoms with van der Waals surface area (Å²) in [7, 11) is -2.96. The van der Waals surface area contributed by atoms with E-state index in [1.165, 1.54) is 13.1 Å². The van der Waals surface area contributed by atoms with Gasteiger partial charge in [-0.05, 0) is 19.2 Å². The van der Waals surface area contributed by atoms with Crippen molar-refractivity contribution in [3.05, 3.63) is 24.3 Å². The third kappa shape index (κ3) is 4.08. The van der Waals surface area contributed by atoms with Crippen LogP contribution in [-0.4, -0.2) is 37.7 Å². The molecule has 0 aliphatic carbocycles. The molecule has 1 aromatic carbocycles. The zero-order valence-electron chi connectivity index (χ0n) is 10.5. The molecular formula is C11H18N2O3S2. The molecule has 1 rings (SSSR count). The predicted molar refractivity (Wildman–Crippen MR) is 74.7 cm³/mol. The van der Waals surface area contributed by atoms with Crippen LogP contribution in [0.4, 0.5) is 5.69 Å². The Morgan fingerprint density at radius 3 is 2.56 bits per heavy atom. The zero-order valence-corrected chi connectivity index (χ0v) is 12.1. The molecule has 18 heavy (non-hydrogen) atoms. The molecule has 102 valence electrons. The molecule has 0 spiro atoms. The lowest BCUT2D eigenvalue weighted by Crippen LogP contribution is -2.21. The van der Waals surface area contributed by atoms with E-state index in [-0.39, 0.29) is 4.90 Å². The van der Waals surface area contributed by atoms with Gasteiger partial charge in [0.05, 0.1) is 5.69 Å². The van der Waals surface area contributed by atoms with E-state index in [2.05, 4.69) is 10.0 Å². The number of hydrogen-bond acceptors (Lipinski definition) is 4. The third-order valence-corrected chi connectivity index (χ3v) is 5.19. The average Bonchev–Trinajstić information content (AvgIpc) is 2.39. The summed E-state index contributed by atoms with van der Waals surface area (Å²) in [6.45, 7) is 2.34. The first-order valence-corrected chi connectivity index (χ1v) is 8.59. The van der Waals surface area contributed by atoms with Crippen LogP contribution in [0.1, 0.15) is 6.92 Å². The van der Waals surface area contributed by atoms with Crippen LogP contribution < -0.4 is 10.0 Å². The van der Waals surface area contributed by atoms with Gasteiger partial charge in [-0.3, -0.25) is 4.21 Å². The van der Waals surface area contributed by atoms with Gasteiger partial charge in [0, 0.05) is 28.9 Å². The average molecular weight is 290 g/mol. The van der Waals surface area contributed by atoms with E-state index in [1.807, 2.05) is 6.92 Å². The first-order chi connectivity index (χ1) is 8.51. The normalized spacial score (nSPS) is 13.2. The quantitative estimate of drug-likeness (QED) is 0.778. The lowest BCUT2D eigenvalue weighted by Gasteiger charge is -2.11. The minimum atomic E-state index is -3.47. The molecule has 0 aliphatic heterocycles. The van der Waals surface area contributed by atoms with Crippen molar-refractivity contribution in [3.8, 4) is 0 Å². The molecule has 7 heteroatoms. The van der Waals surface area contributed by atoms with Crippen LogP contribution in [-0.2, 0) is 20.8 Å². The number of benzene rings is 1. The molecule has 0 amide bonds. The summed E-state index contributed by atoms with van der Waals surface area (Å²) in [5, 5.41) is 3.01. The monoisotopic (exact) mass is 290 g/mol. The molecular weight excluding hydrogens is 272 g/mol. The van der Waals surface area contributed by atoms with Crippen molar-refractivity contribution in [1.29, 1.82) is 0 Å². The second kappa shape index (κ2) is 6.86. The Labute approximate surface area is 110 Å². The highest BCUT2D eigenvalue weighted by atomic mass is 32.2. The van der Waals surface area contributed by atoms with Gasteiger partial charge < -0.3 is 5.32 Å². The lowest BCUT2D eigenvalue weighted by atomic mass is 10.3. The second-order valence-electron chi connectivity index (χ2n) is 3.56. The highest BCUT2D eigenvalue weighted by molar-refractivity contribution is 7.89. The summed E-state index contributed by atoms with van der Waals surface area (Å²) in [6.07, 6.45) is 0. The highest BCUT2D eigenvalue weighted by Crippen LogP contribution is 2.19. The molecule has 0 aliphatic rings. The van der Waals surface area contributed by atoms with E-state index < -0.39 is 20.8 Å². The highest BCUT2D eigenvalue weighted by Gasteiger charge is 2.15. The minimum absolute atomic E-state index is 0.204. The van der Waals surface area contributed by atoms with Crippen molar-refractivity contribution in [2.45, 2.75) is 11.8 Å². The van der Waals surface area contributed by atoms with Crippen molar-refractivity contribution in [3.63, 3.8) is 0 Å². The molecule has 0 aromatic heterocycles. The zero-order chi connectivity index (χ0) is 13.6. The van der Waals surface area contributed by atoms with Crippen LogP contribution in [0.25, 0.3) is 0 Å². The van der Waals surface area contributed by atoms with Gasteiger partial charge in [0.15, 0.2) is 0 Å². The van der Waals surface area contributed by atoms with Gasteiger partial charge in [0.1, 0.15) is 4.90 Å². The van der Waals surface area contributed by atoms with Crippen molar-refractivity contribution in [2.24, 2.45) is 0 Å². The fraction of sp³-hybridized carbons (Fsp3) is 0.455. The summed E-state index contributed by atoms with van der Waals surface area (Å²) < 4.78 is 37.1. The minimum Gasteiger partial charge on any atom is -0.383 e. The fourth-order valence-corrected chi connectivity index (χ4v) is 2.93. The lowest BCUT2D eigenvalue weighted by molar-refractivity contribution is 0.588. The van der Waals surface area contributed by atoms with E-state index in [4.69, 9.17) is 0 Å². The van der Waals surface area contributed by atoms with Gasteiger partial charge in [0.25, 0.3) is 0 Å². The first-order valence-electron chi connectivity index (χ1n) is 5.62. The number of hydrogen-bond donors (Lipinski definition) is 2. The Morgan fingerprint density at radius 1 is 1.28 bits per heavy atom. The van der Waals surface area contributed by atoms with Crippen LogP contribution in [0.2, 0.25) is 0 Å². The van der Waals surface area contributed by atoms with Gasteiger partial charge in [-0.2, -0.15) is 0 Å². The molecule has 0 saturated heterocycles. The smallest absolute Gasteiger partial charge is 0.242 e. The summed E-state index contributed by atoms with van der Waals surface area (Å²) in [6, 6.07) is 6.65. The molecule has 1 aromatic rings. The Kier molecular flexibility index (Phi) is 5.77. The van der Waals surface area contributed by atoms with Crippen LogP contribution >= 0.6 is 0 Å². The molecule has 2 N–H and O–H groups in total. The molecule has 0 heterocycles. The molecule has 0 fully saturated rings.